The molecule has 43 heavy (non-hydrogen) atoms. The monoisotopic (exact) mass is 602 g/mol. The molecule has 0 bridgehead atoms. The fraction of sp³-hybridized carbons (Fsp3) is 0.314. The lowest BCUT2D eigenvalue weighted by Gasteiger charge is -2.46. The van der Waals surface area contributed by atoms with E-state index in [-0.39, 0.29) is 12.6 Å². The predicted octanol–water partition coefficient (Wildman–Crippen LogP) is 6.84. The van der Waals surface area contributed by atoms with Crippen molar-refractivity contribution in [1.82, 2.24) is 0 Å². The standard InChI is InChI=1S/C35H39O7P/c1-43(36,37)23-22-31-32(38-24-27-14-6-2-7-15-27)33(39-25-28-16-8-3-9-17-28)34(40-26-29-18-10-4-11-19-29)35(42-31)41-30-20-12-5-13-21-30/h2-21,31-35H,22-26H2,1H3,(H,36,37)/t31-,32-,33+,34+,35+/m1/s1. The Hall–Kier alpha value is -3.29. The molecule has 226 valence electrons. The average molecular weight is 603 g/mol. The van der Waals surface area contributed by atoms with Gasteiger partial charge in [0.05, 0.1) is 25.9 Å². The highest BCUT2D eigenvalue weighted by atomic mass is 31.2. The van der Waals surface area contributed by atoms with Gasteiger partial charge in [-0.3, -0.25) is 4.57 Å². The molecular weight excluding hydrogens is 563 g/mol. The molecule has 0 radical (unpaired) electrons. The fourth-order valence-corrected chi connectivity index (χ4v) is 5.81. The second kappa shape index (κ2) is 15.4. The molecule has 1 aliphatic heterocycles. The van der Waals surface area contributed by atoms with E-state index in [4.69, 9.17) is 23.7 Å². The van der Waals surface area contributed by atoms with Gasteiger partial charge < -0.3 is 28.6 Å². The molecule has 7 nitrogen and oxygen atoms in total. The Bertz CT molecular complexity index is 1400. The van der Waals surface area contributed by atoms with Crippen LogP contribution in [-0.4, -0.2) is 48.4 Å². The van der Waals surface area contributed by atoms with E-state index in [9.17, 15) is 9.46 Å². The summed E-state index contributed by atoms with van der Waals surface area (Å²) in [6, 6.07) is 39.1. The molecule has 1 N–H and O–H groups in total. The summed E-state index contributed by atoms with van der Waals surface area (Å²) < 4.78 is 45.2. The third kappa shape index (κ3) is 9.60. The van der Waals surface area contributed by atoms with Gasteiger partial charge in [-0.15, -0.1) is 0 Å². The van der Waals surface area contributed by atoms with E-state index in [0.29, 0.717) is 25.6 Å². The van der Waals surface area contributed by atoms with E-state index in [1.54, 1.807) is 0 Å². The second-order valence-corrected chi connectivity index (χ2v) is 13.4. The highest BCUT2D eigenvalue weighted by Gasteiger charge is 2.49. The first-order valence-corrected chi connectivity index (χ1v) is 16.9. The average Bonchev–Trinajstić information content (AvgIpc) is 3.03. The van der Waals surface area contributed by atoms with Crippen LogP contribution >= 0.6 is 7.37 Å². The van der Waals surface area contributed by atoms with E-state index < -0.39 is 38.1 Å². The highest BCUT2D eigenvalue weighted by molar-refractivity contribution is 7.57. The van der Waals surface area contributed by atoms with Crippen molar-refractivity contribution in [2.75, 3.05) is 12.8 Å². The van der Waals surface area contributed by atoms with Gasteiger partial charge in [-0.25, -0.2) is 0 Å². The van der Waals surface area contributed by atoms with Crippen molar-refractivity contribution in [3.8, 4) is 5.75 Å². The minimum Gasteiger partial charge on any atom is -0.462 e. The van der Waals surface area contributed by atoms with Crippen LogP contribution in [0.2, 0.25) is 0 Å². The topological polar surface area (TPSA) is 83.5 Å². The van der Waals surface area contributed by atoms with Gasteiger partial charge in [0, 0.05) is 12.8 Å². The van der Waals surface area contributed by atoms with E-state index in [0.717, 1.165) is 16.7 Å². The van der Waals surface area contributed by atoms with Gasteiger partial charge in [0.1, 0.15) is 24.1 Å². The first-order valence-electron chi connectivity index (χ1n) is 14.6. The van der Waals surface area contributed by atoms with Crippen LogP contribution in [0.3, 0.4) is 0 Å². The Kier molecular flexibility index (Phi) is 11.2. The lowest BCUT2D eigenvalue weighted by atomic mass is 9.96. The summed E-state index contributed by atoms with van der Waals surface area (Å²) in [4.78, 5) is 10.2. The summed E-state index contributed by atoms with van der Waals surface area (Å²) in [5.41, 5.74) is 3.00. The third-order valence-corrected chi connectivity index (χ3v) is 8.36. The Morgan fingerprint density at radius 1 is 0.628 bits per heavy atom. The van der Waals surface area contributed by atoms with E-state index in [1.807, 2.05) is 121 Å². The van der Waals surface area contributed by atoms with Crippen LogP contribution in [0.1, 0.15) is 23.1 Å². The molecule has 5 rings (SSSR count). The molecule has 1 aliphatic rings. The third-order valence-electron chi connectivity index (χ3n) is 7.27. The molecule has 8 heteroatoms. The van der Waals surface area contributed by atoms with Gasteiger partial charge in [0.25, 0.3) is 0 Å². The van der Waals surface area contributed by atoms with Crippen LogP contribution in [0.4, 0.5) is 0 Å². The Balaban J connectivity index is 1.48. The zero-order valence-corrected chi connectivity index (χ0v) is 25.2. The maximum absolute atomic E-state index is 12.4. The zero-order valence-electron chi connectivity index (χ0n) is 24.3. The van der Waals surface area contributed by atoms with Crippen LogP contribution in [0.5, 0.6) is 5.75 Å². The van der Waals surface area contributed by atoms with Crippen molar-refractivity contribution in [1.29, 1.82) is 0 Å². The van der Waals surface area contributed by atoms with Gasteiger partial charge in [-0.05, 0) is 35.2 Å². The van der Waals surface area contributed by atoms with Crippen LogP contribution < -0.4 is 4.74 Å². The largest absolute Gasteiger partial charge is 0.462 e. The number of para-hydroxylation sites is 1. The number of benzene rings is 4. The minimum atomic E-state index is -3.32. The van der Waals surface area contributed by atoms with Crippen molar-refractivity contribution in [2.24, 2.45) is 0 Å². The zero-order chi connectivity index (χ0) is 29.9. The summed E-state index contributed by atoms with van der Waals surface area (Å²) in [5, 5.41) is 0. The number of rotatable bonds is 14. The second-order valence-electron chi connectivity index (χ2n) is 10.8. The lowest BCUT2D eigenvalue weighted by molar-refractivity contribution is -0.304. The van der Waals surface area contributed by atoms with Crippen LogP contribution in [-0.2, 0) is 43.3 Å². The van der Waals surface area contributed by atoms with Gasteiger partial charge in [0.15, 0.2) is 7.37 Å². The minimum absolute atomic E-state index is 0.0713. The summed E-state index contributed by atoms with van der Waals surface area (Å²) in [7, 11) is -3.32. The molecule has 0 aliphatic carbocycles. The quantitative estimate of drug-likeness (QED) is 0.158. The van der Waals surface area contributed by atoms with Crippen molar-refractivity contribution in [2.45, 2.75) is 56.9 Å². The summed E-state index contributed by atoms with van der Waals surface area (Å²) in [6.07, 6.45) is -2.99. The van der Waals surface area contributed by atoms with Crippen molar-refractivity contribution < 1.29 is 33.1 Å². The van der Waals surface area contributed by atoms with Gasteiger partial charge in [-0.1, -0.05) is 109 Å². The van der Waals surface area contributed by atoms with Crippen LogP contribution in [0, 0.1) is 0 Å². The van der Waals surface area contributed by atoms with E-state index in [2.05, 4.69) is 0 Å². The Morgan fingerprint density at radius 3 is 1.51 bits per heavy atom. The molecule has 4 aromatic carbocycles. The van der Waals surface area contributed by atoms with Gasteiger partial charge >= 0.3 is 0 Å². The first kappa shape index (κ1) is 31.1. The molecule has 4 aromatic rings. The smallest absolute Gasteiger partial charge is 0.229 e. The van der Waals surface area contributed by atoms with Gasteiger partial charge in [0.2, 0.25) is 6.29 Å². The van der Waals surface area contributed by atoms with E-state index >= 15 is 0 Å². The maximum atomic E-state index is 12.4. The van der Waals surface area contributed by atoms with Crippen molar-refractivity contribution in [3.05, 3.63) is 138 Å². The van der Waals surface area contributed by atoms with Crippen molar-refractivity contribution in [3.63, 3.8) is 0 Å². The molecule has 1 unspecified atom stereocenters. The van der Waals surface area contributed by atoms with Gasteiger partial charge in [-0.2, -0.15) is 0 Å². The molecule has 0 spiro atoms. The summed E-state index contributed by atoms with van der Waals surface area (Å²) in [5.74, 6) is 0.619. The van der Waals surface area contributed by atoms with Crippen LogP contribution in [0.15, 0.2) is 121 Å². The Labute approximate surface area is 253 Å². The number of hydrogen-bond acceptors (Lipinski definition) is 6. The molecule has 0 saturated carbocycles. The maximum Gasteiger partial charge on any atom is 0.229 e. The van der Waals surface area contributed by atoms with Crippen LogP contribution in [0.25, 0.3) is 0 Å². The molecule has 6 atom stereocenters. The molecule has 1 fully saturated rings. The first-order chi connectivity index (χ1) is 20.9. The lowest BCUT2D eigenvalue weighted by Crippen LogP contribution is -2.61. The molecule has 1 heterocycles. The molecule has 1 saturated heterocycles. The normalized spacial score (nSPS) is 23.3. The summed E-state index contributed by atoms with van der Waals surface area (Å²) >= 11 is 0. The molecule has 0 amide bonds. The SMILES string of the molecule is CP(=O)(O)CC[C@H]1O[C@H](Oc2ccccc2)[C@@H](OCc2ccccc2)[C@@H](OCc2ccccc2)[C@@H]1OCc1ccccc1. The summed E-state index contributed by atoms with van der Waals surface area (Å²) in [6.45, 7) is 2.31. The number of ether oxygens (including phenoxy) is 5. The van der Waals surface area contributed by atoms with E-state index in [1.165, 1.54) is 6.66 Å². The predicted molar refractivity (Wildman–Crippen MR) is 166 cm³/mol. The fourth-order valence-electron chi connectivity index (χ4n) is 5.07. The van der Waals surface area contributed by atoms with Crippen molar-refractivity contribution >= 4 is 7.37 Å². The molecule has 0 aromatic heterocycles. The highest BCUT2D eigenvalue weighted by Crippen LogP contribution is 2.39. The molecular formula is C35H39O7P. The Morgan fingerprint density at radius 2 is 1.05 bits per heavy atom. The number of hydrogen-bond donors (Lipinski definition) is 1.